The molecule has 0 saturated carbocycles. The Balaban J connectivity index is 1.18. The third-order valence-electron chi connectivity index (χ3n) is 7.05. The average molecular weight is 516 g/mol. The molecular formula is C27H23F2N7S. The summed E-state index contributed by atoms with van der Waals surface area (Å²) in [5.74, 6) is -1.90. The zero-order valence-electron chi connectivity index (χ0n) is 19.8. The number of hydrazone groups is 1. The van der Waals surface area contributed by atoms with Gasteiger partial charge in [0.25, 0.3) is 5.92 Å². The van der Waals surface area contributed by atoms with Gasteiger partial charge in [-0.2, -0.15) is 5.10 Å². The van der Waals surface area contributed by atoms with E-state index in [2.05, 4.69) is 43.7 Å². The van der Waals surface area contributed by atoms with Crippen LogP contribution in [0.4, 0.5) is 8.78 Å². The van der Waals surface area contributed by atoms with Crippen LogP contribution in [0.2, 0.25) is 0 Å². The molecule has 1 saturated heterocycles. The maximum atomic E-state index is 13.6. The van der Waals surface area contributed by atoms with Crippen molar-refractivity contribution in [2.24, 2.45) is 5.10 Å². The molecule has 7 nitrogen and oxygen atoms in total. The van der Waals surface area contributed by atoms with Crippen molar-refractivity contribution >= 4 is 33.7 Å². The summed E-state index contributed by atoms with van der Waals surface area (Å²) >= 11 is 1.66. The maximum Gasteiger partial charge on any atom is 0.261 e. The number of aromatic amines is 1. The molecule has 7 rings (SSSR count). The Morgan fingerprint density at radius 2 is 2.08 bits per heavy atom. The fourth-order valence-electron chi connectivity index (χ4n) is 5.24. The SMILES string of the molecule is FC1(F)CCN(Cc2cncc(C3=CCC4NN=C(c5nc6c(-c7cccs7)cncc6[nH]5)C4=C3)c2)C1. The summed E-state index contributed by atoms with van der Waals surface area (Å²) in [5.41, 5.74) is 10.8. The topological polar surface area (TPSA) is 82.1 Å². The highest BCUT2D eigenvalue weighted by Crippen LogP contribution is 2.34. The van der Waals surface area contributed by atoms with Gasteiger partial charge in [0.2, 0.25) is 0 Å². The van der Waals surface area contributed by atoms with Gasteiger partial charge in [0, 0.05) is 59.7 Å². The Hall–Kier alpha value is -3.76. The second kappa shape index (κ2) is 8.67. The van der Waals surface area contributed by atoms with Crippen LogP contribution in [-0.4, -0.2) is 55.6 Å². The molecule has 0 amide bonds. The highest BCUT2D eigenvalue weighted by atomic mass is 32.1. The fourth-order valence-corrected chi connectivity index (χ4v) is 5.98. The van der Waals surface area contributed by atoms with Crippen LogP contribution in [0.15, 0.2) is 71.2 Å². The minimum atomic E-state index is -2.60. The van der Waals surface area contributed by atoms with Crippen LogP contribution in [0.25, 0.3) is 27.0 Å². The van der Waals surface area contributed by atoms with E-state index in [0.717, 1.165) is 55.9 Å². The number of pyridine rings is 2. The van der Waals surface area contributed by atoms with Crippen molar-refractivity contribution in [3.05, 3.63) is 83.0 Å². The number of imidazole rings is 1. The minimum Gasteiger partial charge on any atom is -0.335 e. The van der Waals surface area contributed by atoms with Gasteiger partial charge in [-0.3, -0.25) is 14.9 Å². The lowest BCUT2D eigenvalue weighted by molar-refractivity contribution is 0.0115. The number of nitrogens with zero attached hydrogens (tertiary/aromatic N) is 5. The number of aromatic nitrogens is 4. The summed E-state index contributed by atoms with van der Waals surface area (Å²) in [5, 5.41) is 6.67. The first-order valence-electron chi connectivity index (χ1n) is 12.2. The monoisotopic (exact) mass is 515 g/mol. The molecule has 0 aromatic carbocycles. The number of alkyl halides is 2. The number of halogens is 2. The molecule has 37 heavy (non-hydrogen) atoms. The number of nitrogens with one attached hydrogen (secondary N) is 2. The molecule has 4 aromatic rings. The number of thiophene rings is 1. The first kappa shape index (κ1) is 22.4. The number of likely N-dealkylation sites (tertiary alicyclic amines) is 1. The van der Waals surface area contributed by atoms with Crippen molar-refractivity contribution in [2.45, 2.75) is 31.4 Å². The van der Waals surface area contributed by atoms with Crippen LogP contribution in [-0.2, 0) is 6.54 Å². The van der Waals surface area contributed by atoms with Crippen molar-refractivity contribution in [1.82, 2.24) is 30.3 Å². The normalized spacial score (nSPS) is 20.9. The third kappa shape index (κ3) is 4.15. The molecule has 2 aliphatic heterocycles. The van der Waals surface area contributed by atoms with Crippen molar-refractivity contribution < 1.29 is 8.78 Å². The van der Waals surface area contributed by atoms with Crippen LogP contribution < -0.4 is 5.43 Å². The van der Waals surface area contributed by atoms with Crippen LogP contribution in [0.1, 0.15) is 29.8 Å². The van der Waals surface area contributed by atoms with Crippen molar-refractivity contribution in [1.29, 1.82) is 0 Å². The molecule has 3 aliphatic rings. The molecule has 10 heteroatoms. The van der Waals surface area contributed by atoms with Gasteiger partial charge in [-0.15, -0.1) is 11.3 Å². The predicted molar refractivity (Wildman–Crippen MR) is 140 cm³/mol. The molecule has 1 atom stereocenters. The first-order valence-corrected chi connectivity index (χ1v) is 13.1. The Kier molecular flexibility index (Phi) is 5.26. The molecule has 1 aliphatic carbocycles. The van der Waals surface area contributed by atoms with Crippen molar-refractivity contribution in [3.8, 4) is 10.4 Å². The van der Waals surface area contributed by atoms with Gasteiger partial charge < -0.3 is 10.4 Å². The molecule has 0 radical (unpaired) electrons. The van der Waals surface area contributed by atoms with E-state index in [1.807, 2.05) is 29.9 Å². The standard InChI is InChI=1S/C27H23F2N7S/c28-27(29)5-6-36(15-27)14-16-8-18(11-30-10-16)17-3-4-21-19(9-17)25(35-34-21)26-32-22-13-31-12-20(24(22)33-26)23-2-1-7-37-23/h1-3,7-13,21,34H,4-6,14-15H2,(H,32,33). The molecule has 1 unspecified atom stereocenters. The van der Waals surface area contributed by atoms with Gasteiger partial charge in [0.05, 0.1) is 24.3 Å². The largest absolute Gasteiger partial charge is 0.335 e. The predicted octanol–water partition coefficient (Wildman–Crippen LogP) is 5.01. The first-order chi connectivity index (χ1) is 18.0. The van der Waals surface area contributed by atoms with E-state index >= 15 is 0 Å². The zero-order valence-corrected chi connectivity index (χ0v) is 20.6. The van der Waals surface area contributed by atoms with E-state index in [9.17, 15) is 8.78 Å². The average Bonchev–Trinajstić information content (AvgIpc) is 3.69. The van der Waals surface area contributed by atoms with Crippen LogP contribution >= 0.6 is 11.3 Å². The van der Waals surface area contributed by atoms with Crippen LogP contribution in [0.3, 0.4) is 0 Å². The van der Waals surface area contributed by atoms with E-state index < -0.39 is 5.92 Å². The number of hydrogen-bond donors (Lipinski definition) is 2. The van der Waals surface area contributed by atoms with E-state index in [4.69, 9.17) is 4.98 Å². The highest BCUT2D eigenvalue weighted by Gasteiger charge is 2.38. The van der Waals surface area contributed by atoms with Gasteiger partial charge in [0.1, 0.15) is 11.2 Å². The summed E-state index contributed by atoms with van der Waals surface area (Å²) < 4.78 is 27.3. The van der Waals surface area contributed by atoms with E-state index in [1.165, 1.54) is 0 Å². The number of rotatable bonds is 5. The summed E-state index contributed by atoms with van der Waals surface area (Å²) in [6.07, 6.45) is 12.2. The molecule has 1 fully saturated rings. The Bertz CT molecular complexity index is 1590. The van der Waals surface area contributed by atoms with Crippen molar-refractivity contribution in [2.75, 3.05) is 13.1 Å². The van der Waals surface area contributed by atoms with Gasteiger partial charge in [-0.25, -0.2) is 13.8 Å². The second-order valence-electron chi connectivity index (χ2n) is 9.68. The van der Waals surface area contributed by atoms with Gasteiger partial charge >= 0.3 is 0 Å². The molecule has 4 aromatic heterocycles. The van der Waals surface area contributed by atoms with Gasteiger partial charge in [0.15, 0.2) is 5.82 Å². The fraction of sp³-hybridized carbons (Fsp3) is 0.259. The second-order valence-corrected chi connectivity index (χ2v) is 10.6. The number of fused-ring (bicyclic) bond motifs is 2. The highest BCUT2D eigenvalue weighted by molar-refractivity contribution is 7.13. The van der Waals surface area contributed by atoms with E-state index in [-0.39, 0.29) is 19.0 Å². The van der Waals surface area contributed by atoms with Gasteiger partial charge in [-0.1, -0.05) is 12.1 Å². The lowest BCUT2D eigenvalue weighted by Crippen LogP contribution is -2.25. The Morgan fingerprint density at radius 1 is 1.16 bits per heavy atom. The van der Waals surface area contributed by atoms with Crippen molar-refractivity contribution in [3.63, 3.8) is 0 Å². The molecule has 2 N–H and O–H groups in total. The molecule has 6 heterocycles. The maximum absolute atomic E-state index is 13.6. The summed E-state index contributed by atoms with van der Waals surface area (Å²) in [7, 11) is 0. The molecule has 0 spiro atoms. The van der Waals surface area contributed by atoms with Gasteiger partial charge in [-0.05, 0) is 41.1 Å². The van der Waals surface area contributed by atoms with Crippen LogP contribution in [0, 0.1) is 0 Å². The molecular weight excluding hydrogens is 492 g/mol. The Labute approximate surface area is 215 Å². The smallest absolute Gasteiger partial charge is 0.261 e. The summed E-state index contributed by atoms with van der Waals surface area (Å²) in [6, 6.07) is 6.21. The molecule has 186 valence electrons. The molecule has 0 bridgehead atoms. The quantitative estimate of drug-likeness (QED) is 0.391. The summed E-state index contributed by atoms with van der Waals surface area (Å²) in [6.45, 7) is 0.674. The zero-order chi connectivity index (χ0) is 25.0. The number of allylic oxidation sites excluding steroid dienone is 2. The van der Waals surface area contributed by atoms with E-state index in [0.29, 0.717) is 18.9 Å². The van der Waals surface area contributed by atoms with Crippen LogP contribution in [0.5, 0.6) is 0 Å². The lowest BCUT2D eigenvalue weighted by atomic mass is 9.89. The number of hydrogen-bond acceptors (Lipinski definition) is 7. The lowest BCUT2D eigenvalue weighted by Gasteiger charge is -2.19. The van der Waals surface area contributed by atoms with E-state index in [1.54, 1.807) is 28.6 Å². The Morgan fingerprint density at radius 3 is 2.92 bits per heavy atom. The third-order valence-corrected chi connectivity index (χ3v) is 7.96. The summed E-state index contributed by atoms with van der Waals surface area (Å²) in [4.78, 5) is 20.0. The number of H-pyrrole nitrogens is 1. The minimum absolute atomic E-state index is 0.0739.